The summed E-state index contributed by atoms with van der Waals surface area (Å²) in [6, 6.07) is 5.67. The summed E-state index contributed by atoms with van der Waals surface area (Å²) < 4.78 is 1.98. The largest absolute Gasteiger partial charge is 0.349 e. The summed E-state index contributed by atoms with van der Waals surface area (Å²) in [4.78, 5) is 8.34. The third-order valence-electron chi connectivity index (χ3n) is 2.10. The van der Waals surface area contributed by atoms with Gasteiger partial charge < -0.3 is 4.57 Å². The van der Waals surface area contributed by atoms with Crippen molar-refractivity contribution in [2.24, 2.45) is 7.05 Å². The molecule has 2 aromatic rings. The van der Waals surface area contributed by atoms with Gasteiger partial charge in [0.25, 0.3) is 0 Å². The molecule has 2 rings (SSSR count). The third kappa shape index (κ3) is 1.92. The Kier molecular flexibility index (Phi) is 2.56. The lowest BCUT2D eigenvalue weighted by atomic mass is 10.3. The van der Waals surface area contributed by atoms with E-state index < -0.39 is 0 Å². The van der Waals surface area contributed by atoms with E-state index in [1.807, 2.05) is 29.9 Å². The first-order valence-electron chi connectivity index (χ1n) is 4.49. The summed E-state index contributed by atoms with van der Waals surface area (Å²) in [5, 5.41) is 0.427. The third-order valence-corrected chi connectivity index (χ3v) is 2.29. The van der Waals surface area contributed by atoms with Crippen molar-refractivity contribution in [3.05, 3.63) is 42.0 Å². The molecule has 0 radical (unpaired) electrons. The van der Waals surface area contributed by atoms with Gasteiger partial charge in [0.2, 0.25) is 0 Å². The maximum atomic E-state index is 5.89. The monoisotopic (exact) mass is 219 g/mol. The molecule has 0 aliphatic carbocycles. The topological polar surface area (TPSA) is 30.7 Å². The van der Waals surface area contributed by atoms with Crippen LogP contribution in [0.1, 0.15) is 5.82 Å². The Labute approximate surface area is 93.1 Å². The molecule has 0 atom stereocenters. The van der Waals surface area contributed by atoms with Crippen LogP contribution in [0.15, 0.2) is 31.0 Å². The molecule has 0 amide bonds. The highest BCUT2D eigenvalue weighted by Crippen LogP contribution is 2.20. The van der Waals surface area contributed by atoms with Crippen LogP contribution >= 0.6 is 11.6 Å². The zero-order valence-corrected chi connectivity index (χ0v) is 9.07. The zero-order chi connectivity index (χ0) is 10.8. The highest BCUT2D eigenvalue weighted by molar-refractivity contribution is 6.29. The van der Waals surface area contributed by atoms with E-state index in [2.05, 4.69) is 16.5 Å². The Morgan fingerprint density at radius 2 is 2.27 bits per heavy atom. The van der Waals surface area contributed by atoms with Crippen molar-refractivity contribution in [1.82, 2.24) is 14.5 Å². The van der Waals surface area contributed by atoms with E-state index in [0.29, 0.717) is 11.0 Å². The predicted molar refractivity (Wildman–Crippen MR) is 61.5 cm³/mol. The van der Waals surface area contributed by atoms with Crippen molar-refractivity contribution in [3.63, 3.8) is 0 Å². The molecule has 0 N–H and O–H groups in total. The van der Waals surface area contributed by atoms with Crippen molar-refractivity contribution in [3.8, 4) is 11.4 Å². The van der Waals surface area contributed by atoms with Gasteiger partial charge in [-0.3, -0.25) is 0 Å². The summed E-state index contributed by atoms with van der Waals surface area (Å²) in [7, 11) is 1.96. The molecule has 0 spiro atoms. The van der Waals surface area contributed by atoms with Crippen LogP contribution in [0.4, 0.5) is 0 Å². The molecular weight excluding hydrogens is 210 g/mol. The van der Waals surface area contributed by atoms with E-state index in [0.717, 1.165) is 11.4 Å². The minimum Gasteiger partial charge on any atom is -0.349 e. The molecule has 0 bridgehead atoms. The molecule has 2 heterocycles. The lowest BCUT2D eigenvalue weighted by Gasteiger charge is -2.03. The Bertz CT molecular complexity index is 502. The maximum absolute atomic E-state index is 5.89. The molecule has 3 nitrogen and oxygen atoms in total. The van der Waals surface area contributed by atoms with E-state index in [9.17, 15) is 0 Å². The average Bonchev–Trinajstić information content (AvgIpc) is 2.63. The Morgan fingerprint density at radius 1 is 1.47 bits per heavy atom. The summed E-state index contributed by atoms with van der Waals surface area (Å²) >= 11 is 5.89. The smallest absolute Gasteiger partial charge is 0.153 e. The summed E-state index contributed by atoms with van der Waals surface area (Å²) in [6.07, 6.45) is 3.54. The zero-order valence-electron chi connectivity index (χ0n) is 8.31. The minimum absolute atomic E-state index is 0.427. The second-order valence-electron chi connectivity index (χ2n) is 3.14. The number of nitrogens with zero attached hydrogens (tertiary/aromatic N) is 3. The summed E-state index contributed by atoms with van der Waals surface area (Å²) in [6.45, 7) is 3.63. The molecular formula is C11H10ClN3. The fourth-order valence-corrected chi connectivity index (χ4v) is 1.57. The predicted octanol–water partition coefficient (Wildman–Crippen LogP) is 2.78. The molecule has 2 aromatic heterocycles. The highest BCUT2D eigenvalue weighted by atomic mass is 35.5. The highest BCUT2D eigenvalue weighted by Gasteiger charge is 2.05. The van der Waals surface area contributed by atoms with Crippen LogP contribution in [0.2, 0.25) is 5.15 Å². The van der Waals surface area contributed by atoms with Crippen LogP contribution in [0.25, 0.3) is 17.5 Å². The first kappa shape index (κ1) is 9.93. The van der Waals surface area contributed by atoms with E-state index in [1.54, 1.807) is 12.1 Å². The van der Waals surface area contributed by atoms with Gasteiger partial charge in [-0.1, -0.05) is 18.2 Å². The van der Waals surface area contributed by atoms with Crippen molar-refractivity contribution >= 4 is 17.7 Å². The number of rotatable bonds is 2. The molecule has 0 aromatic carbocycles. The van der Waals surface area contributed by atoms with Gasteiger partial charge in [-0.05, 0) is 18.2 Å². The molecule has 0 aliphatic heterocycles. The van der Waals surface area contributed by atoms with Crippen LogP contribution in [-0.2, 0) is 7.05 Å². The van der Waals surface area contributed by atoms with Crippen molar-refractivity contribution < 1.29 is 0 Å². The number of aromatic nitrogens is 3. The fourth-order valence-electron chi connectivity index (χ4n) is 1.38. The number of halogens is 1. The Hall–Kier alpha value is -1.61. The van der Waals surface area contributed by atoms with Gasteiger partial charge in [0.15, 0.2) is 5.82 Å². The number of hydrogen-bond acceptors (Lipinski definition) is 2. The average molecular weight is 220 g/mol. The molecule has 4 heteroatoms. The van der Waals surface area contributed by atoms with E-state index >= 15 is 0 Å². The SMILES string of the molecule is C=Cc1nc(Cl)cc(-c2cccn2C)n1. The standard InChI is InChI=1S/C11H10ClN3/c1-3-11-13-8(7-10(12)14-11)9-5-4-6-15(9)2/h3-7H,1H2,2H3. The number of hydrogen-bond donors (Lipinski definition) is 0. The van der Waals surface area contributed by atoms with Crippen molar-refractivity contribution in [1.29, 1.82) is 0 Å². The second-order valence-corrected chi connectivity index (χ2v) is 3.53. The molecule has 0 saturated carbocycles. The molecule has 0 unspecified atom stereocenters. The maximum Gasteiger partial charge on any atom is 0.153 e. The van der Waals surface area contributed by atoms with E-state index in [-0.39, 0.29) is 0 Å². The first-order chi connectivity index (χ1) is 7.20. The lowest BCUT2D eigenvalue weighted by Crippen LogP contribution is -1.95. The molecule has 15 heavy (non-hydrogen) atoms. The number of aryl methyl sites for hydroxylation is 1. The molecule has 0 saturated heterocycles. The molecule has 0 aliphatic rings. The van der Waals surface area contributed by atoms with E-state index in [4.69, 9.17) is 11.6 Å². The van der Waals surface area contributed by atoms with Crippen molar-refractivity contribution in [2.45, 2.75) is 0 Å². The second kappa shape index (κ2) is 3.87. The summed E-state index contributed by atoms with van der Waals surface area (Å²) in [5.41, 5.74) is 1.81. The van der Waals surface area contributed by atoms with Crippen LogP contribution in [0.3, 0.4) is 0 Å². The molecule has 0 fully saturated rings. The van der Waals surface area contributed by atoms with E-state index in [1.165, 1.54) is 0 Å². The first-order valence-corrected chi connectivity index (χ1v) is 4.87. The summed E-state index contributed by atoms with van der Waals surface area (Å²) in [5.74, 6) is 0.540. The normalized spacial score (nSPS) is 10.3. The van der Waals surface area contributed by atoms with Crippen LogP contribution in [-0.4, -0.2) is 14.5 Å². The van der Waals surface area contributed by atoms with Gasteiger partial charge in [0.1, 0.15) is 5.15 Å². The van der Waals surface area contributed by atoms with Crippen LogP contribution in [0.5, 0.6) is 0 Å². The Balaban J connectivity index is 2.58. The Morgan fingerprint density at radius 3 is 2.87 bits per heavy atom. The fraction of sp³-hybridized carbons (Fsp3) is 0.0909. The van der Waals surface area contributed by atoms with Gasteiger partial charge in [-0.15, -0.1) is 0 Å². The van der Waals surface area contributed by atoms with Gasteiger partial charge in [0.05, 0.1) is 11.4 Å². The minimum atomic E-state index is 0.427. The van der Waals surface area contributed by atoms with Gasteiger partial charge >= 0.3 is 0 Å². The lowest BCUT2D eigenvalue weighted by molar-refractivity contribution is 0.927. The van der Waals surface area contributed by atoms with Crippen LogP contribution in [0, 0.1) is 0 Å². The quantitative estimate of drug-likeness (QED) is 0.728. The van der Waals surface area contributed by atoms with Gasteiger partial charge in [-0.2, -0.15) is 0 Å². The van der Waals surface area contributed by atoms with Crippen LogP contribution < -0.4 is 0 Å². The van der Waals surface area contributed by atoms with Crippen molar-refractivity contribution in [2.75, 3.05) is 0 Å². The van der Waals surface area contributed by atoms with Gasteiger partial charge in [-0.25, -0.2) is 9.97 Å². The molecule has 76 valence electrons. The van der Waals surface area contributed by atoms with Gasteiger partial charge in [0, 0.05) is 19.3 Å².